The molecule has 6 nitrogen and oxygen atoms in total. The molecular formula is C14H30N4O2. The Balaban J connectivity index is 2.35. The first kappa shape index (κ1) is 17.4. The van der Waals surface area contributed by atoms with Gasteiger partial charge in [-0.25, -0.2) is 0 Å². The topological polar surface area (TPSA) is 73.0 Å². The molecule has 0 saturated carbocycles. The molecule has 6 heteroatoms. The number of likely N-dealkylation sites (N-methyl/N-ethyl adjacent to an activating group) is 1. The van der Waals surface area contributed by atoms with Gasteiger partial charge in [0.15, 0.2) is 0 Å². The molecule has 0 aliphatic carbocycles. The van der Waals surface area contributed by atoms with E-state index in [1.807, 2.05) is 0 Å². The van der Waals surface area contributed by atoms with Crippen molar-refractivity contribution in [3.8, 4) is 0 Å². The molecule has 1 rings (SSSR count). The molecule has 2 unspecified atom stereocenters. The number of piperazine rings is 1. The number of rotatable bonds is 7. The highest BCUT2D eigenvalue weighted by molar-refractivity contribution is 5.77. The SMILES string of the molecule is CC(CC(C)(N)C(=O)O)N1CCN(CCN(C)C)CC1. The van der Waals surface area contributed by atoms with Crippen LogP contribution in [0, 0.1) is 0 Å². The van der Waals surface area contributed by atoms with Gasteiger partial charge in [0.1, 0.15) is 5.54 Å². The van der Waals surface area contributed by atoms with Crippen molar-refractivity contribution < 1.29 is 9.90 Å². The lowest BCUT2D eigenvalue weighted by Crippen LogP contribution is -2.54. The number of nitrogens with zero attached hydrogens (tertiary/aromatic N) is 3. The zero-order valence-electron chi connectivity index (χ0n) is 13.3. The Hall–Kier alpha value is -0.690. The maximum Gasteiger partial charge on any atom is 0.323 e. The van der Waals surface area contributed by atoms with Gasteiger partial charge in [0.2, 0.25) is 0 Å². The van der Waals surface area contributed by atoms with Crippen molar-refractivity contribution >= 4 is 5.97 Å². The van der Waals surface area contributed by atoms with Gasteiger partial charge in [-0.15, -0.1) is 0 Å². The fourth-order valence-corrected chi connectivity index (χ4v) is 2.60. The maximum absolute atomic E-state index is 11.1. The van der Waals surface area contributed by atoms with Crippen LogP contribution < -0.4 is 5.73 Å². The number of aliphatic carboxylic acids is 1. The van der Waals surface area contributed by atoms with Crippen molar-refractivity contribution in [2.75, 3.05) is 53.4 Å². The second kappa shape index (κ2) is 7.36. The summed E-state index contributed by atoms with van der Waals surface area (Å²) in [6, 6.07) is 0.206. The smallest absolute Gasteiger partial charge is 0.323 e. The zero-order chi connectivity index (χ0) is 15.3. The number of hydrogen-bond donors (Lipinski definition) is 2. The molecule has 0 radical (unpaired) electrons. The van der Waals surface area contributed by atoms with Crippen molar-refractivity contribution in [3.63, 3.8) is 0 Å². The van der Waals surface area contributed by atoms with E-state index in [4.69, 9.17) is 10.8 Å². The highest BCUT2D eigenvalue weighted by Gasteiger charge is 2.32. The monoisotopic (exact) mass is 286 g/mol. The first-order valence-corrected chi connectivity index (χ1v) is 7.36. The molecule has 0 bridgehead atoms. The molecule has 0 aromatic rings. The molecule has 118 valence electrons. The first-order valence-electron chi connectivity index (χ1n) is 7.36. The van der Waals surface area contributed by atoms with E-state index in [1.165, 1.54) is 0 Å². The number of carboxylic acid groups (broad SMARTS) is 1. The maximum atomic E-state index is 11.1. The van der Waals surface area contributed by atoms with Crippen molar-refractivity contribution in [1.82, 2.24) is 14.7 Å². The summed E-state index contributed by atoms with van der Waals surface area (Å²) < 4.78 is 0. The van der Waals surface area contributed by atoms with Gasteiger partial charge < -0.3 is 15.7 Å². The molecule has 1 aliphatic heterocycles. The predicted octanol–water partition coefficient (Wildman–Crippen LogP) is -0.254. The van der Waals surface area contributed by atoms with Gasteiger partial charge in [-0.3, -0.25) is 14.6 Å². The second-order valence-electron chi connectivity index (χ2n) is 6.46. The molecule has 1 heterocycles. The third-order valence-corrected chi connectivity index (χ3v) is 4.10. The predicted molar refractivity (Wildman–Crippen MR) is 80.9 cm³/mol. The van der Waals surface area contributed by atoms with Crippen LogP contribution in [0.1, 0.15) is 20.3 Å². The number of hydrogen-bond acceptors (Lipinski definition) is 5. The molecular weight excluding hydrogens is 256 g/mol. The molecule has 2 atom stereocenters. The van der Waals surface area contributed by atoms with E-state index in [0.29, 0.717) is 6.42 Å². The minimum absolute atomic E-state index is 0.206. The molecule has 20 heavy (non-hydrogen) atoms. The van der Waals surface area contributed by atoms with Gasteiger partial charge in [0, 0.05) is 45.3 Å². The van der Waals surface area contributed by atoms with Gasteiger partial charge in [-0.1, -0.05) is 0 Å². The highest BCUT2D eigenvalue weighted by Crippen LogP contribution is 2.16. The zero-order valence-corrected chi connectivity index (χ0v) is 13.3. The minimum atomic E-state index is -1.14. The van der Waals surface area contributed by atoms with E-state index < -0.39 is 11.5 Å². The van der Waals surface area contributed by atoms with Gasteiger partial charge in [0.05, 0.1) is 0 Å². The molecule has 3 N–H and O–H groups in total. The third kappa shape index (κ3) is 5.36. The Morgan fingerprint density at radius 3 is 2.35 bits per heavy atom. The number of carbonyl (C=O) groups is 1. The third-order valence-electron chi connectivity index (χ3n) is 4.10. The summed E-state index contributed by atoms with van der Waals surface area (Å²) >= 11 is 0. The Bertz CT molecular complexity index is 312. The first-order chi connectivity index (χ1) is 9.22. The molecule has 1 saturated heterocycles. The van der Waals surface area contributed by atoms with Gasteiger partial charge >= 0.3 is 5.97 Å². The Labute approximate surface area is 122 Å². The molecule has 1 fully saturated rings. The Morgan fingerprint density at radius 2 is 1.90 bits per heavy atom. The van der Waals surface area contributed by atoms with Crippen LogP contribution >= 0.6 is 0 Å². The lowest BCUT2D eigenvalue weighted by molar-refractivity contribution is -0.143. The van der Waals surface area contributed by atoms with Crippen molar-refractivity contribution in [2.45, 2.75) is 31.8 Å². The standard InChI is InChI=1S/C14H30N4O2/c1-12(11-14(2,15)13(19)20)18-9-7-17(8-10-18)6-5-16(3)4/h12H,5-11,15H2,1-4H3,(H,19,20). The molecule has 0 aromatic heterocycles. The number of carboxylic acids is 1. The molecule has 1 aliphatic rings. The van der Waals surface area contributed by atoms with Crippen LogP contribution in [-0.4, -0.2) is 90.7 Å². The second-order valence-corrected chi connectivity index (χ2v) is 6.46. The van der Waals surface area contributed by atoms with Crippen LogP contribution in [-0.2, 0) is 4.79 Å². The highest BCUT2D eigenvalue weighted by atomic mass is 16.4. The van der Waals surface area contributed by atoms with E-state index in [1.54, 1.807) is 6.92 Å². The van der Waals surface area contributed by atoms with Crippen LogP contribution in [0.3, 0.4) is 0 Å². The summed E-state index contributed by atoms with van der Waals surface area (Å²) in [6.45, 7) is 9.92. The van der Waals surface area contributed by atoms with Gasteiger partial charge in [0.25, 0.3) is 0 Å². The fraction of sp³-hybridized carbons (Fsp3) is 0.929. The van der Waals surface area contributed by atoms with E-state index in [9.17, 15) is 4.79 Å². The van der Waals surface area contributed by atoms with Crippen LogP contribution in [0.4, 0.5) is 0 Å². The summed E-state index contributed by atoms with van der Waals surface area (Å²) in [7, 11) is 4.18. The van der Waals surface area contributed by atoms with Crippen LogP contribution in [0.5, 0.6) is 0 Å². The average Bonchev–Trinajstić information content (AvgIpc) is 2.36. The van der Waals surface area contributed by atoms with Crippen molar-refractivity contribution in [2.24, 2.45) is 5.73 Å². The van der Waals surface area contributed by atoms with E-state index >= 15 is 0 Å². The van der Waals surface area contributed by atoms with E-state index in [2.05, 4.69) is 35.7 Å². The molecule has 0 aromatic carbocycles. The quantitative estimate of drug-likeness (QED) is 0.672. The summed E-state index contributed by atoms with van der Waals surface area (Å²) in [5, 5.41) is 9.10. The minimum Gasteiger partial charge on any atom is -0.480 e. The largest absolute Gasteiger partial charge is 0.480 e. The Kier molecular flexibility index (Phi) is 6.39. The lowest BCUT2D eigenvalue weighted by Gasteiger charge is -2.40. The summed E-state index contributed by atoms with van der Waals surface area (Å²) in [5.41, 5.74) is 4.70. The average molecular weight is 286 g/mol. The van der Waals surface area contributed by atoms with Crippen molar-refractivity contribution in [3.05, 3.63) is 0 Å². The van der Waals surface area contributed by atoms with Crippen LogP contribution in [0.25, 0.3) is 0 Å². The summed E-state index contributed by atoms with van der Waals surface area (Å²) in [6.07, 6.45) is 0.486. The van der Waals surface area contributed by atoms with Crippen LogP contribution in [0.2, 0.25) is 0 Å². The van der Waals surface area contributed by atoms with Gasteiger partial charge in [-0.05, 0) is 34.4 Å². The van der Waals surface area contributed by atoms with Crippen LogP contribution in [0.15, 0.2) is 0 Å². The molecule has 0 amide bonds. The van der Waals surface area contributed by atoms with E-state index in [-0.39, 0.29) is 6.04 Å². The normalized spacial score (nSPS) is 22.7. The lowest BCUT2D eigenvalue weighted by atomic mass is 9.94. The molecule has 0 spiro atoms. The Morgan fingerprint density at radius 1 is 1.35 bits per heavy atom. The van der Waals surface area contributed by atoms with Crippen molar-refractivity contribution in [1.29, 1.82) is 0 Å². The van der Waals surface area contributed by atoms with Gasteiger partial charge in [-0.2, -0.15) is 0 Å². The fourth-order valence-electron chi connectivity index (χ4n) is 2.60. The van der Waals surface area contributed by atoms with E-state index in [0.717, 1.165) is 39.3 Å². The number of nitrogens with two attached hydrogens (primary N) is 1. The summed E-state index contributed by atoms with van der Waals surface area (Å²) in [5.74, 6) is -0.922. The summed E-state index contributed by atoms with van der Waals surface area (Å²) in [4.78, 5) is 18.1.